The number of rotatable bonds is 5. The van der Waals surface area contributed by atoms with Gasteiger partial charge >= 0.3 is 5.97 Å². The molecule has 9 nitrogen and oxygen atoms in total. The summed E-state index contributed by atoms with van der Waals surface area (Å²) in [7, 11) is 0. The molecular weight excluding hydrogens is 514 g/mol. The summed E-state index contributed by atoms with van der Waals surface area (Å²) in [6, 6.07) is 5.02. The van der Waals surface area contributed by atoms with Crippen LogP contribution in [0.25, 0.3) is 11.3 Å². The standard InChI is InChI=1S/C25H23F4N3O6/c26-15-5-3-4-13(8-15)24(35)37-23-21(22(34)19(12-33)38-25(23)6-1-2-7-36-25)32-11-18(30-31-32)14-9-16(27)20(29)17(28)10-14/h3-5,8-11,19,21-23,33-34H,1-2,6-7,12H2. The van der Waals surface area contributed by atoms with Gasteiger partial charge in [-0.3, -0.25) is 0 Å². The molecule has 0 bridgehead atoms. The molecule has 2 aliphatic rings. The van der Waals surface area contributed by atoms with E-state index in [1.54, 1.807) is 0 Å². The highest BCUT2D eigenvalue weighted by atomic mass is 19.2. The molecule has 2 aromatic carbocycles. The van der Waals surface area contributed by atoms with Gasteiger partial charge in [-0.05, 0) is 43.2 Å². The zero-order valence-electron chi connectivity index (χ0n) is 19.8. The lowest BCUT2D eigenvalue weighted by Crippen LogP contribution is -2.65. The Morgan fingerprint density at radius 3 is 2.58 bits per heavy atom. The molecule has 5 unspecified atom stereocenters. The van der Waals surface area contributed by atoms with Gasteiger partial charge in [0.1, 0.15) is 29.8 Å². The summed E-state index contributed by atoms with van der Waals surface area (Å²) < 4.78 is 73.7. The van der Waals surface area contributed by atoms with Crippen LogP contribution in [-0.2, 0) is 14.2 Å². The molecule has 5 atom stereocenters. The van der Waals surface area contributed by atoms with Gasteiger partial charge in [-0.2, -0.15) is 0 Å². The first kappa shape index (κ1) is 26.2. The van der Waals surface area contributed by atoms with E-state index in [1.807, 2.05) is 0 Å². The highest BCUT2D eigenvalue weighted by Gasteiger charge is 2.59. The van der Waals surface area contributed by atoms with E-state index in [0.717, 1.165) is 28.9 Å². The molecule has 2 saturated heterocycles. The molecule has 3 heterocycles. The lowest BCUT2D eigenvalue weighted by molar-refractivity contribution is -0.363. The maximum Gasteiger partial charge on any atom is 0.338 e. The fourth-order valence-corrected chi connectivity index (χ4v) is 4.82. The molecule has 0 amide bonds. The molecule has 1 aromatic heterocycles. The second kappa shape index (κ2) is 10.4. The van der Waals surface area contributed by atoms with Crippen LogP contribution in [0.2, 0.25) is 0 Å². The Kier molecular flexibility index (Phi) is 7.18. The van der Waals surface area contributed by atoms with Crippen LogP contribution in [0.1, 0.15) is 35.7 Å². The molecule has 0 aliphatic carbocycles. The third-order valence-corrected chi connectivity index (χ3v) is 6.66. The van der Waals surface area contributed by atoms with Crippen molar-refractivity contribution in [2.75, 3.05) is 13.2 Å². The highest BCUT2D eigenvalue weighted by molar-refractivity contribution is 5.89. The smallest absolute Gasteiger partial charge is 0.338 e. The Bertz CT molecular complexity index is 1310. The van der Waals surface area contributed by atoms with Gasteiger partial charge in [-0.25, -0.2) is 27.0 Å². The Hall–Kier alpha value is -3.39. The predicted octanol–water partition coefficient (Wildman–Crippen LogP) is 2.92. The summed E-state index contributed by atoms with van der Waals surface area (Å²) in [6.07, 6.45) is -1.34. The average molecular weight is 537 g/mol. The maximum atomic E-state index is 13.8. The lowest BCUT2D eigenvalue weighted by Gasteiger charge is -2.51. The van der Waals surface area contributed by atoms with E-state index in [2.05, 4.69) is 10.3 Å². The van der Waals surface area contributed by atoms with Crippen LogP contribution >= 0.6 is 0 Å². The third-order valence-electron chi connectivity index (χ3n) is 6.66. The van der Waals surface area contributed by atoms with Gasteiger partial charge in [0, 0.05) is 12.0 Å². The normalized spacial score (nSPS) is 27.4. The van der Waals surface area contributed by atoms with Crippen LogP contribution < -0.4 is 0 Å². The number of carbonyl (C=O) groups is 1. The first-order chi connectivity index (χ1) is 18.2. The van der Waals surface area contributed by atoms with E-state index in [-0.39, 0.29) is 29.8 Å². The molecule has 2 fully saturated rings. The first-order valence-corrected chi connectivity index (χ1v) is 11.9. The number of carbonyl (C=O) groups excluding carboxylic acids is 1. The van der Waals surface area contributed by atoms with Crippen molar-refractivity contribution in [3.05, 3.63) is 71.4 Å². The minimum Gasteiger partial charge on any atom is -0.451 e. The maximum absolute atomic E-state index is 13.8. The molecule has 2 aliphatic heterocycles. The van der Waals surface area contributed by atoms with Crippen molar-refractivity contribution in [1.82, 2.24) is 15.0 Å². The number of aliphatic hydroxyl groups is 2. The van der Waals surface area contributed by atoms with E-state index < -0.39 is 66.0 Å². The monoisotopic (exact) mass is 537 g/mol. The number of hydrogen-bond acceptors (Lipinski definition) is 8. The van der Waals surface area contributed by atoms with E-state index in [4.69, 9.17) is 14.2 Å². The molecule has 2 N–H and O–H groups in total. The van der Waals surface area contributed by atoms with Crippen molar-refractivity contribution >= 4 is 5.97 Å². The van der Waals surface area contributed by atoms with Gasteiger partial charge in [-0.15, -0.1) is 5.10 Å². The molecule has 13 heteroatoms. The summed E-state index contributed by atoms with van der Waals surface area (Å²) >= 11 is 0. The van der Waals surface area contributed by atoms with Gasteiger partial charge in [0.05, 0.1) is 25.0 Å². The fraction of sp³-hybridized carbons (Fsp3) is 0.400. The zero-order chi connectivity index (χ0) is 27.0. The van der Waals surface area contributed by atoms with Crippen LogP contribution in [0.3, 0.4) is 0 Å². The van der Waals surface area contributed by atoms with Gasteiger partial charge < -0.3 is 24.4 Å². The third kappa shape index (κ3) is 4.77. The molecule has 3 aromatic rings. The minimum atomic E-state index is -1.65. The van der Waals surface area contributed by atoms with E-state index in [0.29, 0.717) is 12.8 Å². The van der Waals surface area contributed by atoms with Crippen molar-refractivity contribution in [1.29, 1.82) is 0 Å². The Labute approximate surface area is 213 Å². The van der Waals surface area contributed by atoms with Gasteiger partial charge in [0.25, 0.3) is 0 Å². The topological polar surface area (TPSA) is 116 Å². The highest BCUT2D eigenvalue weighted by Crippen LogP contribution is 2.44. The lowest BCUT2D eigenvalue weighted by atomic mass is 9.86. The number of hydrogen-bond donors (Lipinski definition) is 2. The first-order valence-electron chi connectivity index (χ1n) is 11.9. The van der Waals surface area contributed by atoms with E-state index in [9.17, 15) is 32.6 Å². The average Bonchev–Trinajstić information content (AvgIpc) is 3.39. The number of halogens is 4. The second-order valence-electron chi connectivity index (χ2n) is 9.11. The number of benzene rings is 2. The SMILES string of the molecule is O=C(OC1C(n2cc(-c3cc(F)c(F)c(F)c3)nn2)C(O)C(CO)OC12CCCCO2)c1cccc(F)c1. The van der Waals surface area contributed by atoms with Crippen molar-refractivity contribution < 1.29 is 46.8 Å². The van der Waals surface area contributed by atoms with Crippen molar-refractivity contribution in [3.8, 4) is 11.3 Å². The summed E-state index contributed by atoms with van der Waals surface area (Å²) in [5.41, 5.74) is -0.314. The molecule has 0 radical (unpaired) electrons. The molecule has 38 heavy (non-hydrogen) atoms. The van der Waals surface area contributed by atoms with E-state index >= 15 is 0 Å². The summed E-state index contributed by atoms with van der Waals surface area (Å²) in [5, 5.41) is 28.9. The summed E-state index contributed by atoms with van der Waals surface area (Å²) in [6.45, 7) is -0.394. The van der Waals surface area contributed by atoms with Gasteiger partial charge in [0.15, 0.2) is 23.6 Å². The predicted molar refractivity (Wildman–Crippen MR) is 120 cm³/mol. The fourth-order valence-electron chi connectivity index (χ4n) is 4.82. The summed E-state index contributed by atoms with van der Waals surface area (Å²) in [5.74, 6) is -7.71. The van der Waals surface area contributed by atoms with Crippen molar-refractivity contribution in [3.63, 3.8) is 0 Å². The van der Waals surface area contributed by atoms with Crippen LogP contribution in [0.4, 0.5) is 17.6 Å². The zero-order valence-corrected chi connectivity index (χ0v) is 19.8. The molecular formula is C25H23F4N3O6. The molecule has 5 rings (SSSR count). The number of nitrogens with zero attached hydrogens (tertiary/aromatic N) is 3. The number of esters is 1. The van der Waals surface area contributed by atoms with Gasteiger partial charge in [0.2, 0.25) is 5.79 Å². The van der Waals surface area contributed by atoms with Crippen molar-refractivity contribution in [2.24, 2.45) is 0 Å². The Balaban J connectivity index is 1.56. The number of aliphatic hydroxyl groups excluding tert-OH is 2. The van der Waals surface area contributed by atoms with Crippen LogP contribution in [0, 0.1) is 23.3 Å². The van der Waals surface area contributed by atoms with E-state index in [1.165, 1.54) is 18.3 Å². The Morgan fingerprint density at radius 1 is 1.16 bits per heavy atom. The largest absolute Gasteiger partial charge is 0.451 e. The quantitative estimate of drug-likeness (QED) is 0.290. The molecule has 1 spiro atoms. The van der Waals surface area contributed by atoms with Crippen LogP contribution in [0.15, 0.2) is 42.6 Å². The summed E-state index contributed by atoms with van der Waals surface area (Å²) in [4.78, 5) is 13.1. The van der Waals surface area contributed by atoms with Gasteiger partial charge in [-0.1, -0.05) is 11.3 Å². The second-order valence-corrected chi connectivity index (χ2v) is 9.11. The van der Waals surface area contributed by atoms with Crippen LogP contribution in [0.5, 0.6) is 0 Å². The number of aromatic nitrogens is 3. The van der Waals surface area contributed by atoms with Crippen LogP contribution in [-0.4, -0.2) is 68.5 Å². The van der Waals surface area contributed by atoms with Crippen molar-refractivity contribution in [2.45, 2.75) is 49.4 Å². The number of ether oxygens (including phenoxy) is 3. The molecule has 0 saturated carbocycles. The Morgan fingerprint density at radius 2 is 1.92 bits per heavy atom. The molecule has 202 valence electrons. The minimum absolute atomic E-state index is 0.0733.